The number of piperidine rings is 1. The van der Waals surface area contributed by atoms with E-state index in [1.165, 1.54) is 0 Å². The second-order valence-electron chi connectivity index (χ2n) is 7.33. The molecule has 0 aliphatic carbocycles. The highest BCUT2D eigenvalue weighted by molar-refractivity contribution is 5.80. The number of nitrogens with one attached hydrogen (secondary N) is 1. The van der Waals surface area contributed by atoms with E-state index in [1.807, 2.05) is 0 Å². The summed E-state index contributed by atoms with van der Waals surface area (Å²) in [4.78, 5) is 20.9. The summed E-state index contributed by atoms with van der Waals surface area (Å²) >= 11 is 0. The minimum absolute atomic E-state index is 0.205. The maximum absolute atomic E-state index is 11.2. The fraction of sp³-hybridized carbons (Fsp3) is 0.889. The van der Waals surface area contributed by atoms with Crippen LogP contribution in [0.3, 0.4) is 0 Å². The summed E-state index contributed by atoms with van der Waals surface area (Å²) in [5.74, 6) is 1.10. The molecule has 0 radical (unpaired) electrons. The molecule has 2 rings (SSSR count). The molecule has 2 fully saturated rings. The van der Waals surface area contributed by atoms with Crippen LogP contribution in [0, 0.1) is 5.92 Å². The maximum Gasteiger partial charge on any atom is 0.217 e. The van der Waals surface area contributed by atoms with Gasteiger partial charge in [0.15, 0.2) is 5.96 Å². The van der Waals surface area contributed by atoms with E-state index in [-0.39, 0.29) is 5.91 Å². The van der Waals surface area contributed by atoms with Crippen LogP contribution in [0.1, 0.15) is 40.0 Å². The molecule has 0 aromatic rings. The number of likely N-dealkylation sites (tertiary alicyclic amines) is 1. The molecule has 2 heterocycles. The summed E-state index contributed by atoms with van der Waals surface area (Å²) in [6.07, 6.45) is 2.62. The lowest BCUT2D eigenvalue weighted by Crippen LogP contribution is -2.50. The molecule has 0 aromatic heterocycles. The third-order valence-corrected chi connectivity index (χ3v) is 5.13. The van der Waals surface area contributed by atoms with E-state index in [9.17, 15) is 4.79 Å². The molecule has 0 spiro atoms. The summed E-state index contributed by atoms with van der Waals surface area (Å²) < 4.78 is 5.53. The standard InChI is InChI=1S/C18H35N5O2/c1-4-20-18(22-7-5-6-16(12-22)10-17(19)24)21-11-14(2)23-8-9-25-13-15(23)3/h14-16H,4-13H2,1-3H3,(H2,19,24)(H,20,21). The summed E-state index contributed by atoms with van der Waals surface area (Å²) in [5.41, 5.74) is 5.38. The van der Waals surface area contributed by atoms with Gasteiger partial charge in [-0.25, -0.2) is 0 Å². The number of morpholine rings is 1. The average Bonchev–Trinajstić information content (AvgIpc) is 2.58. The second-order valence-corrected chi connectivity index (χ2v) is 7.33. The molecule has 0 aromatic carbocycles. The van der Waals surface area contributed by atoms with E-state index in [2.05, 4.69) is 35.9 Å². The normalized spacial score (nSPS) is 27.2. The van der Waals surface area contributed by atoms with Crippen molar-refractivity contribution in [1.82, 2.24) is 15.1 Å². The molecule has 1 amide bonds. The number of primary amides is 1. The monoisotopic (exact) mass is 353 g/mol. The first-order valence-electron chi connectivity index (χ1n) is 9.66. The van der Waals surface area contributed by atoms with Crippen LogP contribution in [0.25, 0.3) is 0 Å². The lowest BCUT2D eigenvalue weighted by atomic mass is 9.95. The van der Waals surface area contributed by atoms with Crippen molar-refractivity contribution >= 4 is 11.9 Å². The number of guanidine groups is 1. The van der Waals surface area contributed by atoms with Crippen LogP contribution >= 0.6 is 0 Å². The number of carbonyl (C=O) groups excluding carboxylic acids is 1. The summed E-state index contributed by atoms with van der Waals surface area (Å²) in [7, 11) is 0. The number of nitrogens with two attached hydrogens (primary N) is 1. The molecule has 2 aliphatic rings. The Morgan fingerprint density at radius 2 is 2.24 bits per heavy atom. The Morgan fingerprint density at radius 1 is 1.44 bits per heavy atom. The van der Waals surface area contributed by atoms with Gasteiger partial charge in [-0.2, -0.15) is 0 Å². The van der Waals surface area contributed by atoms with Gasteiger partial charge in [-0.1, -0.05) is 0 Å². The molecule has 2 saturated heterocycles. The van der Waals surface area contributed by atoms with Gasteiger partial charge in [0.2, 0.25) is 5.91 Å². The van der Waals surface area contributed by atoms with Gasteiger partial charge < -0.3 is 20.7 Å². The van der Waals surface area contributed by atoms with E-state index in [0.29, 0.717) is 24.4 Å². The van der Waals surface area contributed by atoms with Crippen LogP contribution in [0.4, 0.5) is 0 Å². The van der Waals surface area contributed by atoms with Crippen LogP contribution in [-0.2, 0) is 9.53 Å². The van der Waals surface area contributed by atoms with Crippen LogP contribution in [0.5, 0.6) is 0 Å². The lowest BCUT2D eigenvalue weighted by Gasteiger charge is -2.38. The molecular formula is C18H35N5O2. The maximum atomic E-state index is 11.2. The summed E-state index contributed by atoms with van der Waals surface area (Å²) in [6.45, 7) is 12.6. The van der Waals surface area contributed by atoms with E-state index >= 15 is 0 Å². The molecule has 144 valence electrons. The number of nitrogens with zero attached hydrogens (tertiary/aromatic N) is 3. The zero-order valence-corrected chi connectivity index (χ0v) is 16.0. The molecule has 3 unspecified atom stereocenters. The highest BCUT2D eigenvalue weighted by Crippen LogP contribution is 2.19. The number of rotatable bonds is 6. The topological polar surface area (TPSA) is 83.2 Å². The number of aliphatic imine (C=N–C) groups is 1. The van der Waals surface area contributed by atoms with E-state index in [0.717, 1.165) is 64.7 Å². The summed E-state index contributed by atoms with van der Waals surface area (Å²) in [5, 5.41) is 3.41. The third-order valence-electron chi connectivity index (χ3n) is 5.13. The number of ether oxygens (including phenoxy) is 1. The minimum Gasteiger partial charge on any atom is -0.379 e. The first kappa shape index (κ1) is 20.0. The Morgan fingerprint density at radius 3 is 2.92 bits per heavy atom. The Hall–Kier alpha value is -1.34. The Kier molecular flexibility index (Phi) is 7.96. The van der Waals surface area contributed by atoms with Crippen molar-refractivity contribution in [3.8, 4) is 0 Å². The zero-order chi connectivity index (χ0) is 18.2. The molecule has 7 nitrogen and oxygen atoms in total. The second kappa shape index (κ2) is 9.97. The van der Waals surface area contributed by atoms with Crippen LogP contribution in [-0.4, -0.2) is 79.7 Å². The van der Waals surface area contributed by atoms with Gasteiger partial charge >= 0.3 is 0 Å². The molecule has 0 bridgehead atoms. The van der Waals surface area contributed by atoms with E-state index < -0.39 is 0 Å². The first-order valence-corrected chi connectivity index (χ1v) is 9.66. The van der Waals surface area contributed by atoms with Gasteiger partial charge in [-0.15, -0.1) is 0 Å². The summed E-state index contributed by atoms with van der Waals surface area (Å²) in [6, 6.07) is 0.829. The van der Waals surface area contributed by atoms with Crippen LogP contribution in [0.2, 0.25) is 0 Å². The van der Waals surface area contributed by atoms with Gasteiger partial charge in [-0.05, 0) is 39.5 Å². The first-order chi connectivity index (χ1) is 12.0. The number of amides is 1. The largest absolute Gasteiger partial charge is 0.379 e. The van der Waals surface area contributed by atoms with Gasteiger partial charge in [0.1, 0.15) is 0 Å². The van der Waals surface area contributed by atoms with Crippen molar-refractivity contribution in [1.29, 1.82) is 0 Å². The lowest BCUT2D eigenvalue weighted by molar-refractivity contribution is -0.119. The number of hydrogen-bond donors (Lipinski definition) is 2. The third kappa shape index (κ3) is 6.15. The van der Waals surface area contributed by atoms with Crippen molar-refractivity contribution in [3.63, 3.8) is 0 Å². The predicted molar refractivity (Wildman–Crippen MR) is 101 cm³/mol. The van der Waals surface area contributed by atoms with Gasteiger partial charge in [0, 0.05) is 44.7 Å². The molecule has 2 aliphatic heterocycles. The SMILES string of the molecule is CCNC(=NCC(C)N1CCOCC1C)N1CCCC(CC(N)=O)C1. The molecule has 0 saturated carbocycles. The van der Waals surface area contributed by atoms with Crippen LogP contribution < -0.4 is 11.1 Å². The molecule has 7 heteroatoms. The van der Waals surface area contributed by atoms with Gasteiger partial charge in [0.05, 0.1) is 19.8 Å². The van der Waals surface area contributed by atoms with Gasteiger partial charge in [-0.3, -0.25) is 14.7 Å². The highest BCUT2D eigenvalue weighted by atomic mass is 16.5. The molecule has 25 heavy (non-hydrogen) atoms. The predicted octanol–water partition coefficient (Wildman–Crippen LogP) is 0.649. The van der Waals surface area contributed by atoms with Crippen molar-refractivity contribution in [3.05, 3.63) is 0 Å². The molecule has 3 N–H and O–H groups in total. The quantitative estimate of drug-likeness (QED) is 0.541. The van der Waals surface area contributed by atoms with Crippen molar-refractivity contribution in [2.45, 2.75) is 52.1 Å². The zero-order valence-electron chi connectivity index (χ0n) is 16.0. The molecule has 3 atom stereocenters. The fourth-order valence-corrected chi connectivity index (χ4v) is 3.85. The van der Waals surface area contributed by atoms with E-state index in [4.69, 9.17) is 15.5 Å². The number of hydrogen-bond acceptors (Lipinski definition) is 4. The Bertz CT molecular complexity index is 457. The van der Waals surface area contributed by atoms with Crippen molar-refractivity contribution in [2.24, 2.45) is 16.6 Å². The number of carbonyl (C=O) groups is 1. The van der Waals surface area contributed by atoms with Crippen molar-refractivity contribution < 1.29 is 9.53 Å². The highest BCUT2D eigenvalue weighted by Gasteiger charge is 2.25. The van der Waals surface area contributed by atoms with Gasteiger partial charge in [0.25, 0.3) is 0 Å². The molecular weight excluding hydrogens is 318 g/mol. The average molecular weight is 354 g/mol. The Balaban J connectivity index is 1.95. The van der Waals surface area contributed by atoms with Crippen LogP contribution in [0.15, 0.2) is 4.99 Å². The van der Waals surface area contributed by atoms with E-state index in [1.54, 1.807) is 0 Å². The Labute approximate surface area is 152 Å². The fourth-order valence-electron chi connectivity index (χ4n) is 3.85. The smallest absolute Gasteiger partial charge is 0.217 e. The minimum atomic E-state index is -0.205. The van der Waals surface area contributed by atoms with Crippen molar-refractivity contribution in [2.75, 3.05) is 45.9 Å².